The molecule has 1 aliphatic rings. The van der Waals surface area contributed by atoms with Gasteiger partial charge in [-0.3, -0.25) is 34.9 Å². The molecule has 4 amide bonds. The fourth-order valence-electron chi connectivity index (χ4n) is 2.32. The molecule has 0 fully saturated rings. The number of hydrogen-bond acceptors (Lipinski definition) is 7. The number of imide groups is 1. The molecule has 0 bridgehead atoms. The van der Waals surface area contributed by atoms with Crippen LogP contribution < -0.4 is 21.7 Å². The van der Waals surface area contributed by atoms with Crippen LogP contribution >= 0.6 is 0 Å². The predicted octanol–water partition coefficient (Wildman–Crippen LogP) is -0.948. The summed E-state index contributed by atoms with van der Waals surface area (Å²) in [6.45, 7) is 9.05. The second kappa shape index (κ2) is 12.2. The number of hydrazine groups is 2. The highest BCUT2D eigenvalue weighted by Crippen LogP contribution is 2.04. The van der Waals surface area contributed by atoms with E-state index >= 15 is 0 Å². The molecular formula is C18H32N6O4. The molecule has 10 nitrogen and oxygen atoms in total. The highest BCUT2D eigenvalue weighted by Gasteiger charge is 2.23. The molecule has 0 aromatic carbocycles. The van der Waals surface area contributed by atoms with Crippen molar-refractivity contribution in [3.63, 3.8) is 0 Å². The van der Waals surface area contributed by atoms with Crippen LogP contribution in [0.15, 0.2) is 12.2 Å². The first-order valence-corrected chi connectivity index (χ1v) is 9.53. The molecule has 0 aromatic heterocycles. The Morgan fingerprint density at radius 3 is 1.68 bits per heavy atom. The predicted molar refractivity (Wildman–Crippen MR) is 104 cm³/mol. The van der Waals surface area contributed by atoms with Crippen LogP contribution in [-0.4, -0.2) is 71.7 Å². The van der Waals surface area contributed by atoms with Crippen molar-refractivity contribution in [1.82, 2.24) is 31.5 Å². The maximum absolute atomic E-state index is 11.9. The Hall–Kier alpha value is -2.30. The van der Waals surface area contributed by atoms with Crippen LogP contribution in [0.5, 0.6) is 0 Å². The number of nitrogens with one attached hydrogen (secondary N) is 4. The maximum atomic E-state index is 11.9. The van der Waals surface area contributed by atoms with Crippen molar-refractivity contribution in [3.8, 4) is 0 Å². The Bertz CT molecular complexity index is 545. The normalized spacial score (nSPS) is 13.9. The van der Waals surface area contributed by atoms with E-state index in [1.807, 2.05) is 32.6 Å². The van der Waals surface area contributed by atoms with Crippen LogP contribution in [0.1, 0.15) is 40.5 Å². The number of nitrogens with zero attached hydrogens (tertiary/aromatic N) is 2. The zero-order valence-electron chi connectivity index (χ0n) is 17.1. The molecule has 0 atom stereocenters. The number of carbonyl (C=O) groups excluding carboxylic acids is 4. The van der Waals surface area contributed by atoms with Gasteiger partial charge < -0.3 is 4.90 Å². The van der Waals surface area contributed by atoms with Crippen LogP contribution in [0.4, 0.5) is 0 Å². The van der Waals surface area contributed by atoms with Crippen LogP contribution in [0.3, 0.4) is 0 Å². The summed E-state index contributed by atoms with van der Waals surface area (Å²) in [5, 5.41) is 0. The van der Waals surface area contributed by atoms with Gasteiger partial charge in [0.15, 0.2) is 0 Å². The van der Waals surface area contributed by atoms with Gasteiger partial charge in [-0.1, -0.05) is 0 Å². The molecule has 0 saturated heterocycles. The van der Waals surface area contributed by atoms with E-state index in [1.165, 1.54) is 12.2 Å². The monoisotopic (exact) mass is 396 g/mol. The largest absolute Gasteiger partial charge is 0.301 e. The maximum Gasteiger partial charge on any atom is 0.253 e. The highest BCUT2D eigenvalue weighted by atomic mass is 16.2. The average Bonchev–Trinajstić information content (AvgIpc) is 2.95. The second-order valence-electron chi connectivity index (χ2n) is 7.20. The summed E-state index contributed by atoms with van der Waals surface area (Å²) in [5.74, 6) is -1.02. The molecule has 0 unspecified atom stereocenters. The van der Waals surface area contributed by atoms with Crippen molar-refractivity contribution >= 4 is 23.6 Å². The molecule has 28 heavy (non-hydrogen) atoms. The van der Waals surface area contributed by atoms with E-state index in [2.05, 4.69) is 21.7 Å². The first-order valence-electron chi connectivity index (χ1n) is 9.53. The summed E-state index contributed by atoms with van der Waals surface area (Å²) in [5.41, 5.74) is 10.9. The number of rotatable bonds is 13. The van der Waals surface area contributed by atoms with Gasteiger partial charge in [0.05, 0.1) is 0 Å². The molecule has 0 aromatic rings. The van der Waals surface area contributed by atoms with Gasteiger partial charge in [0.1, 0.15) is 0 Å². The topological polar surface area (TPSA) is 123 Å². The fraction of sp³-hybridized carbons (Fsp3) is 0.667. The molecule has 158 valence electrons. The molecular weight excluding hydrogens is 364 g/mol. The Kier molecular flexibility index (Phi) is 10.4. The van der Waals surface area contributed by atoms with E-state index in [-0.39, 0.29) is 55.1 Å². The van der Waals surface area contributed by atoms with E-state index in [9.17, 15) is 19.2 Å². The molecule has 1 heterocycles. The highest BCUT2D eigenvalue weighted by molar-refractivity contribution is 6.12. The van der Waals surface area contributed by atoms with Gasteiger partial charge in [-0.05, 0) is 27.7 Å². The van der Waals surface area contributed by atoms with Crippen LogP contribution in [-0.2, 0) is 19.2 Å². The number of amides is 4. The minimum Gasteiger partial charge on any atom is -0.301 e. The molecule has 10 heteroatoms. The summed E-state index contributed by atoms with van der Waals surface area (Å²) in [7, 11) is 0. The smallest absolute Gasteiger partial charge is 0.253 e. The van der Waals surface area contributed by atoms with E-state index < -0.39 is 0 Å². The van der Waals surface area contributed by atoms with Crippen LogP contribution in [0, 0.1) is 0 Å². The lowest BCUT2D eigenvalue weighted by atomic mass is 10.3. The quantitative estimate of drug-likeness (QED) is 0.234. The van der Waals surface area contributed by atoms with Gasteiger partial charge in [0, 0.05) is 63.3 Å². The number of carbonyl (C=O) groups is 4. The third kappa shape index (κ3) is 9.58. The first kappa shape index (κ1) is 23.7. The summed E-state index contributed by atoms with van der Waals surface area (Å²) in [6.07, 6.45) is 2.93. The van der Waals surface area contributed by atoms with Crippen molar-refractivity contribution in [2.45, 2.75) is 52.6 Å². The SMILES string of the molecule is CC(C)NNC(=O)CCN(CCC(=O)NNC(C)C)CCN1C(=O)C=CC1=O. The van der Waals surface area contributed by atoms with Gasteiger partial charge in [-0.2, -0.15) is 0 Å². The summed E-state index contributed by atoms with van der Waals surface area (Å²) < 4.78 is 0. The molecule has 0 spiro atoms. The third-order valence-corrected chi connectivity index (χ3v) is 3.85. The Morgan fingerprint density at radius 1 is 0.857 bits per heavy atom. The standard InChI is InChI=1S/C18H32N6O4/c1-13(2)19-21-15(25)7-9-23(10-8-16(26)22-20-14(3)4)11-12-24-17(27)5-6-18(24)28/h5-6,13-14,19-20H,7-12H2,1-4H3,(H,21,25)(H,22,26). The summed E-state index contributed by atoms with van der Waals surface area (Å²) >= 11 is 0. The van der Waals surface area contributed by atoms with Gasteiger partial charge >= 0.3 is 0 Å². The van der Waals surface area contributed by atoms with Crippen molar-refractivity contribution in [1.29, 1.82) is 0 Å². The minimum atomic E-state index is -0.345. The molecule has 4 N–H and O–H groups in total. The zero-order valence-corrected chi connectivity index (χ0v) is 17.1. The van der Waals surface area contributed by atoms with E-state index in [1.54, 1.807) is 0 Å². The Labute approximate surface area is 166 Å². The van der Waals surface area contributed by atoms with Gasteiger partial charge in [-0.25, -0.2) is 10.9 Å². The van der Waals surface area contributed by atoms with Crippen molar-refractivity contribution in [2.75, 3.05) is 26.2 Å². The molecule has 1 rings (SSSR count). The van der Waals surface area contributed by atoms with Gasteiger partial charge in [-0.15, -0.1) is 0 Å². The first-order chi connectivity index (χ1) is 13.2. The van der Waals surface area contributed by atoms with E-state index in [4.69, 9.17) is 0 Å². The Balaban J connectivity index is 2.50. The summed E-state index contributed by atoms with van der Waals surface area (Å²) in [6, 6.07) is 0.244. The van der Waals surface area contributed by atoms with Crippen molar-refractivity contribution < 1.29 is 19.2 Å². The fourth-order valence-corrected chi connectivity index (χ4v) is 2.32. The minimum absolute atomic E-state index is 0.122. The van der Waals surface area contributed by atoms with E-state index in [0.29, 0.717) is 19.6 Å². The molecule has 0 saturated carbocycles. The van der Waals surface area contributed by atoms with Crippen LogP contribution in [0.2, 0.25) is 0 Å². The lowest BCUT2D eigenvalue weighted by Crippen LogP contribution is -2.45. The zero-order chi connectivity index (χ0) is 21.1. The van der Waals surface area contributed by atoms with Crippen molar-refractivity contribution in [3.05, 3.63) is 12.2 Å². The van der Waals surface area contributed by atoms with Crippen molar-refractivity contribution in [2.24, 2.45) is 0 Å². The van der Waals surface area contributed by atoms with Gasteiger partial charge in [0.2, 0.25) is 11.8 Å². The average molecular weight is 396 g/mol. The lowest BCUT2D eigenvalue weighted by Gasteiger charge is -2.24. The molecule has 0 aliphatic carbocycles. The summed E-state index contributed by atoms with van der Waals surface area (Å²) in [4.78, 5) is 50.2. The van der Waals surface area contributed by atoms with Crippen LogP contribution in [0.25, 0.3) is 0 Å². The van der Waals surface area contributed by atoms with Gasteiger partial charge in [0.25, 0.3) is 11.8 Å². The second-order valence-corrected chi connectivity index (χ2v) is 7.20. The lowest BCUT2D eigenvalue weighted by molar-refractivity contribution is -0.137. The Morgan fingerprint density at radius 2 is 1.29 bits per heavy atom. The third-order valence-electron chi connectivity index (χ3n) is 3.85. The molecule has 1 aliphatic heterocycles. The number of hydrogen-bond donors (Lipinski definition) is 4. The molecule has 0 radical (unpaired) electrons. The van der Waals surface area contributed by atoms with E-state index in [0.717, 1.165) is 4.90 Å².